The Kier molecular flexibility index (Phi) is 7.54. The van der Waals surface area contributed by atoms with Gasteiger partial charge in [-0.1, -0.05) is 18.2 Å². The first kappa shape index (κ1) is 25.7. The molecule has 0 spiro atoms. The third-order valence-corrected chi connectivity index (χ3v) is 7.50. The van der Waals surface area contributed by atoms with E-state index in [0.29, 0.717) is 26.2 Å². The Labute approximate surface area is 220 Å². The molecule has 3 N–H and O–H groups in total. The summed E-state index contributed by atoms with van der Waals surface area (Å²) in [7, 11) is 2.13. The molecule has 2 atom stereocenters. The molecule has 200 valence electrons. The van der Waals surface area contributed by atoms with Gasteiger partial charge in [-0.05, 0) is 68.8 Å². The fourth-order valence-electron chi connectivity index (χ4n) is 5.83. The SMILES string of the molecule is CN(Cc1nc2ccccc2n1C[C@H]1CCCN(C(=NC(=O)O)NC(=O)O)C1)[C@H]1CCCc2cccnc21. The minimum atomic E-state index is -1.43. The first-order valence-corrected chi connectivity index (χ1v) is 13.0. The maximum Gasteiger partial charge on any atom is 0.434 e. The van der Waals surface area contributed by atoms with Crippen LogP contribution in [0.4, 0.5) is 9.59 Å². The second-order valence-electron chi connectivity index (χ2n) is 10.1. The van der Waals surface area contributed by atoms with Crippen LogP contribution in [0.1, 0.15) is 48.8 Å². The Hall–Kier alpha value is -3.99. The van der Waals surface area contributed by atoms with Gasteiger partial charge in [0.1, 0.15) is 5.82 Å². The minimum Gasteiger partial charge on any atom is -0.465 e. The molecule has 11 heteroatoms. The fourth-order valence-corrected chi connectivity index (χ4v) is 5.83. The van der Waals surface area contributed by atoms with Crippen molar-refractivity contribution in [2.24, 2.45) is 10.9 Å². The molecule has 0 bridgehead atoms. The molecular formula is C27H33N7O4. The summed E-state index contributed by atoms with van der Waals surface area (Å²) < 4.78 is 2.26. The van der Waals surface area contributed by atoms with Crippen molar-refractivity contribution in [2.75, 3.05) is 20.1 Å². The molecule has 3 heterocycles. The van der Waals surface area contributed by atoms with Gasteiger partial charge in [0.05, 0.1) is 29.3 Å². The number of carbonyl (C=O) groups is 2. The quantitative estimate of drug-likeness (QED) is 0.340. The largest absolute Gasteiger partial charge is 0.465 e. The predicted octanol–water partition coefficient (Wildman–Crippen LogP) is 3.95. The van der Waals surface area contributed by atoms with E-state index in [1.165, 1.54) is 5.56 Å². The number of nitrogens with zero attached hydrogens (tertiary/aromatic N) is 6. The zero-order valence-electron chi connectivity index (χ0n) is 21.5. The van der Waals surface area contributed by atoms with E-state index in [4.69, 9.17) is 15.1 Å². The summed E-state index contributed by atoms with van der Waals surface area (Å²) in [6, 6.07) is 12.5. The lowest BCUT2D eigenvalue weighted by molar-refractivity contribution is 0.190. The van der Waals surface area contributed by atoms with Crippen molar-refractivity contribution in [3.05, 3.63) is 59.7 Å². The smallest absolute Gasteiger partial charge is 0.434 e. The van der Waals surface area contributed by atoms with E-state index in [1.54, 1.807) is 4.90 Å². The van der Waals surface area contributed by atoms with Crippen LogP contribution in [0.3, 0.4) is 0 Å². The fraction of sp³-hybridized carbons (Fsp3) is 0.444. The van der Waals surface area contributed by atoms with E-state index in [-0.39, 0.29) is 17.9 Å². The normalized spacial score (nSPS) is 19.9. The molecule has 1 saturated heterocycles. The van der Waals surface area contributed by atoms with Gasteiger partial charge in [0, 0.05) is 25.8 Å². The van der Waals surface area contributed by atoms with E-state index < -0.39 is 12.2 Å². The summed E-state index contributed by atoms with van der Waals surface area (Å²) in [5.41, 5.74) is 4.47. The number of pyridine rings is 1. The lowest BCUT2D eigenvalue weighted by atomic mass is 9.91. The molecule has 2 amide bonds. The number of aryl methyl sites for hydroxylation is 1. The third-order valence-electron chi connectivity index (χ3n) is 7.50. The van der Waals surface area contributed by atoms with Gasteiger partial charge in [0.2, 0.25) is 5.96 Å². The zero-order chi connectivity index (χ0) is 26.6. The first-order chi connectivity index (χ1) is 18.4. The number of amides is 2. The van der Waals surface area contributed by atoms with E-state index in [2.05, 4.69) is 39.0 Å². The highest BCUT2D eigenvalue weighted by atomic mass is 16.4. The number of hydrogen-bond acceptors (Lipinski definition) is 5. The van der Waals surface area contributed by atoms with Crippen LogP contribution in [-0.4, -0.2) is 72.8 Å². The van der Waals surface area contributed by atoms with Crippen LogP contribution >= 0.6 is 0 Å². The van der Waals surface area contributed by atoms with Gasteiger partial charge in [-0.2, -0.15) is 0 Å². The number of carboxylic acid groups (broad SMARTS) is 2. The second kappa shape index (κ2) is 11.2. The van der Waals surface area contributed by atoms with Crippen molar-refractivity contribution in [1.29, 1.82) is 0 Å². The molecule has 2 aromatic heterocycles. The molecule has 0 unspecified atom stereocenters. The van der Waals surface area contributed by atoms with Crippen LogP contribution in [0.15, 0.2) is 47.6 Å². The number of hydrogen-bond donors (Lipinski definition) is 3. The van der Waals surface area contributed by atoms with Crippen LogP contribution in [0.2, 0.25) is 0 Å². The van der Waals surface area contributed by atoms with Crippen LogP contribution in [-0.2, 0) is 19.5 Å². The minimum absolute atomic E-state index is 0.145. The molecular weight excluding hydrogens is 486 g/mol. The Morgan fingerprint density at radius 2 is 2.00 bits per heavy atom. The van der Waals surface area contributed by atoms with Crippen molar-refractivity contribution in [3.8, 4) is 0 Å². The van der Waals surface area contributed by atoms with Crippen molar-refractivity contribution >= 4 is 29.2 Å². The molecule has 38 heavy (non-hydrogen) atoms. The highest BCUT2D eigenvalue weighted by molar-refractivity contribution is 5.98. The van der Waals surface area contributed by atoms with E-state index in [0.717, 1.165) is 54.7 Å². The number of para-hydroxylation sites is 2. The summed E-state index contributed by atoms with van der Waals surface area (Å²) in [5.74, 6) is 0.989. The molecule has 0 saturated carbocycles. The third kappa shape index (κ3) is 5.62. The topological polar surface area (TPSA) is 136 Å². The maximum absolute atomic E-state index is 11.2. The van der Waals surface area contributed by atoms with E-state index in [1.807, 2.05) is 30.5 Å². The molecule has 5 rings (SSSR count). The molecule has 2 aliphatic rings. The highest BCUT2D eigenvalue weighted by Crippen LogP contribution is 2.33. The van der Waals surface area contributed by atoms with Crippen molar-refractivity contribution in [1.82, 2.24) is 29.7 Å². The number of guanidine groups is 1. The van der Waals surface area contributed by atoms with Crippen molar-refractivity contribution in [2.45, 2.75) is 51.2 Å². The molecule has 0 radical (unpaired) electrons. The van der Waals surface area contributed by atoms with E-state index in [9.17, 15) is 14.7 Å². The van der Waals surface area contributed by atoms with E-state index >= 15 is 0 Å². The van der Waals surface area contributed by atoms with Crippen LogP contribution < -0.4 is 5.32 Å². The van der Waals surface area contributed by atoms with Crippen LogP contribution in [0.5, 0.6) is 0 Å². The lowest BCUT2D eigenvalue weighted by Crippen LogP contribution is -2.49. The molecule has 1 aliphatic heterocycles. The van der Waals surface area contributed by atoms with Gasteiger partial charge in [0.15, 0.2) is 0 Å². The Morgan fingerprint density at radius 3 is 2.82 bits per heavy atom. The maximum atomic E-state index is 11.2. The average molecular weight is 520 g/mol. The Bertz CT molecular complexity index is 1350. The number of piperidine rings is 1. The summed E-state index contributed by atoms with van der Waals surface area (Å²) >= 11 is 0. The number of imidazole rings is 1. The van der Waals surface area contributed by atoms with Crippen molar-refractivity contribution in [3.63, 3.8) is 0 Å². The second-order valence-corrected chi connectivity index (χ2v) is 10.1. The van der Waals surface area contributed by atoms with Gasteiger partial charge < -0.3 is 19.7 Å². The number of rotatable bonds is 5. The standard InChI is InChI=1S/C27H33N7O4/c1-32(22-12-4-8-19-9-5-13-28-24(19)22)17-23-29-20-10-2-3-11-21(20)34(23)16-18-7-6-14-33(15-18)25(30-26(35)36)31-27(37)38/h2-3,5,9-11,13,18,22H,4,6-8,12,14-17H2,1H3,(H,30,31)(H,35,36)(H,37,38)/t18-,22-/m0/s1. The summed E-state index contributed by atoms with van der Waals surface area (Å²) in [6.45, 7) is 2.39. The Morgan fingerprint density at radius 1 is 1.16 bits per heavy atom. The van der Waals surface area contributed by atoms with Gasteiger partial charge >= 0.3 is 12.2 Å². The average Bonchev–Trinajstić information content (AvgIpc) is 3.24. The molecule has 11 nitrogen and oxygen atoms in total. The van der Waals surface area contributed by atoms with Crippen LogP contribution in [0, 0.1) is 5.92 Å². The van der Waals surface area contributed by atoms with Gasteiger partial charge in [-0.15, -0.1) is 4.99 Å². The van der Waals surface area contributed by atoms with Gasteiger partial charge in [-0.3, -0.25) is 15.2 Å². The van der Waals surface area contributed by atoms with Crippen LogP contribution in [0.25, 0.3) is 11.0 Å². The summed E-state index contributed by atoms with van der Waals surface area (Å²) in [5, 5.41) is 20.5. The molecule has 3 aromatic rings. The zero-order valence-corrected chi connectivity index (χ0v) is 21.5. The molecule has 1 aromatic carbocycles. The Balaban J connectivity index is 1.38. The van der Waals surface area contributed by atoms with Crippen molar-refractivity contribution < 1.29 is 19.8 Å². The summed E-state index contributed by atoms with van der Waals surface area (Å²) in [6.07, 6.45) is 4.09. The number of aliphatic imine (C=N–C) groups is 1. The number of fused-ring (bicyclic) bond motifs is 2. The summed E-state index contributed by atoms with van der Waals surface area (Å²) in [4.78, 5) is 39.7. The number of aromatic nitrogens is 3. The molecule has 1 fully saturated rings. The van der Waals surface area contributed by atoms with Gasteiger partial charge in [-0.25, -0.2) is 14.6 Å². The number of likely N-dealkylation sites (tertiary alicyclic amines) is 1. The number of nitrogens with one attached hydrogen (secondary N) is 1. The number of benzene rings is 1. The monoisotopic (exact) mass is 519 g/mol. The molecule has 1 aliphatic carbocycles. The highest BCUT2D eigenvalue weighted by Gasteiger charge is 2.28. The lowest BCUT2D eigenvalue weighted by Gasteiger charge is -2.35. The predicted molar refractivity (Wildman–Crippen MR) is 142 cm³/mol. The van der Waals surface area contributed by atoms with Gasteiger partial charge in [0.25, 0.3) is 0 Å². The first-order valence-electron chi connectivity index (χ1n) is 13.0.